The molecule has 0 spiro atoms. The molecule has 0 fully saturated rings. The van der Waals surface area contributed by atoms with Crippen LogP contribution in [0.25, 0.3) is 10.8 Å². The van der Waals surface area contributed by atoms with Gasteiger partial charge < -0.3 is 10.2 Å². The second kappa shape index (κ2) is 2.83. The lowest BCUT2D eigenvalue weighted by molar-refractivity contribution is -0.671. The molecule has 0 unspecified atom stereocenters. The molecule has 72 valence electrons. The first-order valence-electron chi connectivity index (χ1n) is 4.09. The maximum atomic E-state index is 13.3. The molecule has 0 amide bonds. The number of aromatic hydroxyl groups is 2. The Morgan fingerprint density at radius 3 is 2.57 bits per heavy atom. The molecule has 0 saturated carbocycles. The van der Waals surface area contributed by atoms with Crippen LogP contribution in [-0.4, -0.2) is 10.2 Å². The number of benzene rings is 1. The Morgan fingerprint density at radius 1 is 1.14 bits per heavy atom. The van der Waals surface area contributed by atoms with Crippen molar-refractivity contribution in [2.24, 2.45) is 7.05 Å². The van der Waals surface area contributed by atoms with Crippen molar-refractivity contribution in [3.63, 3.8) is 0 Å². The number of phenolic OH excluding ortho intramolecular Hbond substituents is 2. The molecule has 1 heterocycles. The summed E-state index contributed by atoms with van der Waals surface area (Å²) in [7, 11) is 1.64. The van der Waals surface area contributed by atoms with Crippen LogP contribution >= 0.6 is 0 Å². The third kappa shape index (κ3) is 1.16. The van der Waals surface area contributed by atoms with Crippen molar-refractivity contribution in [2.75, 3.05) is 0 Å². The standard InChI is InChI=1S/C10H8FNO2/c1-12-4-7-6(8(11)5-12)2-3-9(13)10(7)14/h2-5,13H,1H3/p+1. The maximum Gasteiger partial charge on any atom is 0.205 e. The SMILES string of the molecule is C[n+]1cc(F)c2ccc(O)c(O)c2c1. The minimum absolute atomic E-state index is 0.247. The van der Waals surface area contributed by atoms with Gasteiger partial charge in [-0.15, -0.1) is 0 Å². The monoisotopic (exact) mass is 194 g/mol. The quantitative estimate of drug-likeness (QED) is 0.489. The number of hydrogen-bond acceptors (Lipinski definition) is 2. The fourth-order valence-electron chi connectivity index (χ4n) is 1.42. The number of fused-ring (bicyclic) bond motifs is 1. The molecule has 0 aliphatic rings. The molecule has 0 aliphatic carbocycles. The summed E-state index contributed by atoms with van der Waals surface area (Å²) in [5, 5.41) is 19.3. The third-order valence-corrected chi connectivity index (χ3v) is 2.10. The van der Waals surface area contributed by atoms with Gasteiger partial charge in [-0.2, -0.15) is 4.39 Å². The molecule has 2 rings (SSSR count). The Labute approximate surface area is 79.7 Å². The summed E-state index contributed by atoms with van der Waals surface area (Å²) in [6, 6.07) is 2.69. The molecular weight excluding hydrogens is 185 g/mol. The van der Waals surface area contributed by atoms with Gasteiger partial charge >= 0.3 is 0 Å². The van der Waals surface area contributed by atoms with Crippen LogP contribution in [0.15, 0.2) is 24.5 Å². The molecule has 3 nitrogen and oxygen atoms in total. The predicted octanol–water partition coefficient (Wildman–Crippen LogP) is 1.21. The van der Waals surface area contributed by atoms with Gasteiger partial charge in [0.25, 0.3) is 0 Å². The highest BCUT2D eigenvalue weighted by Crippen LogP contribution is 2.33. The van der Waals surface area contributed by atoms with E-state index < -0.39 is 5.82 Å². The van der Waals surface area contributed by atoms with Crippen molar-refractivity contribution >= 4 is 10.8 Å². The maximum absolute atomic E-state index is 13.3. The molecular formula is C10H9FNO2+. The second-order valence-electron chi connectivity index (χ2n) is 3.17. The first-order chi connectivity index (χ1) is 6.59. The molecule has 0 aliphatic heterocycles. The second-order valence-corrected chi connectivity index (χ2v) is 3.17. The van der Waals surface area contributed by atoms with Crippen LogP contribution in [0.5, 0.6) is 11.5 Å². The largest absolute Gasteiger partial charge is 0.504 e. The highest BCUT2D eigenvalue weighted by molar-refractivity contribution is 5.89. The van der Waals surface area contributed by atoms with Gasteiger partial charge in [0.2, 0.25) is 6.20 Å². The number of halogens is 1. The van der Waals surface area contributed by atoms with E-state index in [9.17, 15) is 14.6 Å². The Balaban J connectivity index is 2.95. The van der Waals surface area contributed by atoms with Crippen molar-refractivity contribution in [1.29, 1.82) is 0 Å². The average molecular weight is 194 g/mol. The summed E-state index contributed by atoms with van der Waals surface area (Å²) < 4.78 is 14.8. The first-order valence-corrected chi connectivity index (χ1v) is 4.09. The zero-order valence-electron chi connectivity index (χ0n) is 7.53. The van der Waals surface area contributed by atoms with Crippen LogP contribution in [-0.2, 0) is 7.05 Å². The van der Waals surface area contributed by atoms with Crippen LogP contribution in [0.1, 0.15) is 0 Å². The fraction of sp³-hybridized carbons (Fsp3) is 0.100. The van der Waals surface area contributed by atoms with Crippen LogP contribution < -0.4 is 4.57 Å². The van der Waals surface area contributed by atoms with Gasteiger partial charge in [-0.3, -0.25) is 0 Å². The van der Waals surface area contributed by atoms with E-state index in [-0.39, 0.29) is 11.5 Å². The van der Waals surface area contributed by atoms with E-state index >= 15 is 0 Å². The molecule has 2 N–H and O–H groups in total. The predicted molar refractivity (Wildman–Crippen MR) is 48.4 cm³/mol. The summed E-state index contributed by atoms with van der Waals surface area (Å²) >= 11 is 0. The Kier molecular flexibility index (Phi) is 1.77. The molecule has 4 heteroatoms. The van der Waals surface area contributed by atoms with Gasteiger partial charge in [-0.25, -0.2) is 4.57 Å². The van der Waals surface area contributed by atoms with Crippen molar-refractivity contribution in [1.82, 2.24) is 0 Å². The van der Waals surface area contributed by atoms with Crippen molar-refractivity contribution in [2.45, 2.75) is 0 Å². The van der Waals surface area contributed by atoms with Crippen molar-refractivity contribution < 1.29 is 19.2 Å². The first kappa shape index (κ1) is 8.74. The van der Waals surface area contributed by atoms with E-state index in [4.69, 9.17) is 0 Å². The molecule has 14 heavy (non-hydrogen) atoms. The lowest BCUT2D eigenvalue weighted by Crippen LogP contribution is -2.27. The lowest BCUT2D eigenvalue weighted by atomic mass is 10.1. The van der Waals surface area contributed by atoms with E-state index in [0.29, 0.717) is 10.8 Å². The van der Waals surface area contributed by atoms with Gasteiger partial charge in [0.15, 0.2) is 23.5 Å². The van der Waals surface area contributed by atoms with Crippen molar-refractivity contribution in [3.05, 3.63) is 30.3 Å². The van der Waals surface area contributed by atoms with Crippen LogP contribution in [0.3, 0.4) is 0 Å². The fourth-order valence-corrected chi connectivity index (χ4v) is 1.42. The number of rotatable bonds is 0. The van der Waals surface area contributed by atoms with E-state index in [1.54, 1.807) is 13.2 Å². The number of aryl methyl sites for hydroxylation is 1. The summed E-state index contributed by atoms with van der Waals surface area (Å²) in [5.74, 6) is -0.971. The minimum Gasteiger partial charge on any atom is -0.504 e. The highest BCUT2D eigenvalue weighted by Gasteiger charge is 2.13. The van der Waals surface area contributed by atoms with Gasteiger partial charge in [-0.1, -0.05) is 0 Å². The van der Waals surface area contributed by atoms with Gasteiger partial charge in [0.1, 0.15) is 7.05 Å². The Hall–Kier alpha value is -1.84. The molecule has 1 aromatic carbocycles. The normalized spacial score (nSPS) is 10.7. The number of phenols is 2. The zero-order chi connectivity index (χ0) is 10.3. The Morgan fingerprint density at radius 2 is 1.86 bits per heavy atom. The van der Waals surface area contributed by atoms with E-state index in [0.717, 1.165) is 0 Å². The number of pyridine rings is 1. The number of hydrogen-bond donors (Lipinski definition) is 2. The molecule has 0 atom stereocenters. The topological polar surface area (TPSA) is 44.3 Å². The summed E-state index contributed by atoms with van der Waals surface area (Å²) in [6.07, 6.45) is 2.85. The number of aromatic nitrogens is 1. The van der Waals surface area contributed by atoms with Crippen molar-refractivity contribution in [3.8, 4) is 11.5 Å². The smallest absolute Gasteiger partial charge is 0.205 e. The summed E-state index contributed by atoms with van der Waals surface area (Å²) in [5.41, 5.74) is 0. The summed E-state index contributed by atoms with van der Waals surface area (Å²) in [4.78, 5) is 0. The van der Waals surface area contributed by atoms with E-state index in [2.05, 4.69) is 0 Å². The van der Waals surface area contributed by atoms with Gasteiger partial charge in [0, 0.05) is 5.39 Å². The average Bonchev–Trinajstić information content (AvgIpc) is 2.12. The highest BCUT2D eigenvalue weighted by atomic mass is 19.1. The molecule has 1 aromatic heterocycles. The number of nitrogens with zero attached hydrogens (tertiary/aromatic N) is 1. The van der Waals surface area contributed by atoms with Gasteiger partial charge in [-0.05, 0) is 12.1 Å². The van der Waals surface area contributed by atoms with E-state index in [1.165, 1.54) is 22.9 Å². The molecule has 0 saturated heterocycles. The van der Waals surface area contributed by atoms with Crippen LogP contribution in [0.4, 0.5) is 4.39 Å². The van der Waals surface area contributed by atoms with Crippen LogP contribution in [0.2, 0.25) is 0 Å². The minimum atomic E-state index is -0.430. The zero-order valence-corrected chi connectivity index (χ0v) is 7.53. The summed E-state index contributed by atoms with van der Waals surface area (Å²) in [6.45, 7) is 0. The van der Waals surface area contributed by atoms with Gasteiger partial charge in [0.05, 0.1) is 5.39 Å². The van der Waals surface area contributed by atoms with Crippen LogP contribution in [0, 0.1) is 5.82 Å². The molecule has 0 radical (unpaired) electrons. The molecule has 2 aromatic rings. The van der Waals surface area contributed by atoms with E-state index in [1.807, 2.05) is 0 Å². The Bertz CT molecular complexity index is 511. The third-order valence-electron chi connectivity index (χ3n) is 2.10. The lowest BCUT2D eigenvalue weighted by Gasteiger charge is -2.01. The molecule has 0 bridgehead atoms.